The van der Waals surface area contributed by atoms with Gasteiger partial charge in [0.2, 0.25) is 0 Å². The van der Waals surface area contributed by atoms with Crippen LogP contribution in [0.2, 0.25) is 0 Å². The second kappa shape index (κ2) is 3.08. The lowest BCUT2D eigenvalue weighted by Crippen LogP contribution is -2.35. The van der Waals surface area contributed by atoms with E-state index in [-0.39, 0.29) is 12.2 Å². The molecule has 84 valence electrons. The maximum Gasteiger partial charge on any atom is 0.0876 e. The molecule has 0 unspecified atom stereocenters. The summed E-state index contributed by atoms with van der Waals surface area (Å²) in [7, 11) is 0. The molecule has 2 nitrogen and oxygen atoms in total. The van der Waals surface area contributed by atoms with Gasteiger partial charge in [0.15, 0.2) is 0 Å². The number of hydrogen-bond acceptors (Lipinski definition) is 2. The van der Waals surface area contributed by atoms with E-state index >= 15 is 0 Å². The van der Waals surface area contributed by atoms with E-state index in [1.54, 1.807) is 0 Å². The summed E-state index contributed by atoms with van der Waals surface area (Å²) < 4.78 is 5.98. The molecule has 5 atom stereocenters. The summed E-state index contributed by atoms with van der Waals surface area (Å²) in [5, 5.41) is 10.00. The lowest BCUT2D eigenvalue weighted by atomic mass is 9.88. The molecule has 16 heavy (non-hydrogen) atoms. The molecule has 3 aliphatic rings. The van der Waals surface area contributed by atoms with E-state index in [0.717, 1.165) is 19.3 Å². The average molecular weight is 216 g/mol. The second-order valence-corrected chi connectivity index (χ2v) is 5.38. The number of aliphatic hydroxyl groups excluding tert-OH is 1. The van der Waals surface area contributed by atoms with E-state index in [0.29, 0.717) is 17.9 Å². The van der Waals surface area contributed by atoms with Gasteiger partial charge in [-0.2, -0.15) is 0 Å². The number of ether oxygens (including phenoxy) is 1. The molecule has 1 aromatic carbocycles. The van der Waals surface area contributed by atoms with Gasteiger partial charge in [0.05, 0.1) is 18.3 Å². The Morgan fingerprint density at radius 2 is 2.06 bits per heavy atom. The summed E-state index contributed by atoms with van der Waals surface area (Å²) in [6.45, 7) is 0. The summed E-state index contributed by atoms with van der Waals surface area (Å²) in [4.78, 5) is 0. The van der Waals surface area contributed by atoms with Crippen LogP contribution < -0.4 is 0 Å². The van der Waals surface area contributed by atoms with Crippen molar-refractivity contribution in [3.05, 3.63) is 35.4 Å². The Kier molecular flexibility index (Phi) is 1.77. The third-order valence-corrected chi connectivity index (χ3v) is 4.61. The summed E-state index contributed by atoms with van der Waals surface area (Å²) in [5.74, 6) is 1.08. The first-order chi connectivity index (χ1) is 7.84. The first kappa shape index (κ1) is 9.20. The number of fused-ring (bicyclic) bond motifs is 7. The van der Waals surface area contributed by atoms with Crippen molar-refractivity contribution in [2.45, 2.75) is 43.5 Å². The topological polar surface area (TPSA) is 29.5 Å². The van der Waals surface area contributed by atoms with Crippen molar-refractivity contribution in [2.24, 2.45) is 5.92 Å². The average Bonchev–Trinajstić information content (AvgIpc) is 2.80. The van der Waals surface area contributed by atoms with E-state index in [9.17, 15) is 5.11 Å². The standard InChI is InChI=1S/C14H16O2/c15-11-5-6-12-13-9-4-2-1-3-8(9)7-10(13)14(11)16-12/h1-4,10-15H,5-7H2/t10-,11+,12+,13+,14+/m1/s1. The fourth-order valence-corrected chi connectivity index (χ4v) is 3.96. The molecule has 2 fully saturated rings. The Morgan fingerprint density at radius 1 is 1.19 bits per heavy atom. The molecule has 0 aromatic heterocycles. The molecule has 1 N–H and O–H groups in total. The molecule has 2 heteroatoms. The Morgan fingerprint density at radius 3 is 3.00 bits per heavy atom. The van der Waals surface area contributed by atoms with Crippen molar-refractivity contribution in [2.75, 3.05) is 0 Å². The van der Waals surface area contributed by atoms with E-state index in [2.05, 4.69) is 24.3 Å². The molecule has 2 aliphatic heterocycles. The van der Waals surface area contributed by atoms with Gasteiger partial charge in [-0.3, -0.25) is 0 Å². The van der Waals surface area contributed by atoms with Gasteiger partial charge in [0.1, 0.15) is 0 Å². The van der Waals surface area contributed by atoms with Gasteiger partial charge in [-0.25, -0.2) is 0 Å². The Hall–Kier alpha value is -0.860. The second-order valence-electron chi connectivity index (χ2n) is 5.38. The van der Waals surface area contributed by atoms with Crippen LogP contribution in [0.3, 0.4) is 0 Å². The Labute approximate surface area is 95.2 Å². The van der Waals surface area contributed by atoms with Crippen LogP contribution in [0.4, 0.5) is 0 Å². The van der Waals surface area contributed by atoms with Gasteiger partial charge < -0.3 is 9.84 Å². The summed E-state index contributed by atoms with van der Waals surface area (Å²) in [6, 6.07) is 8.72. The van der Waals surface area contributed by atoms with E-state index in [1.807, 2.05) is 0 Å². The van der Waals surface area contributed by atoms with Crippen LogP contribution >= 0.6 is 0 Å². The van der Waals surface area contributed by atoms with Crippen LogP contribution in [-0.4, -0.2) is 23.4 Å². The van der Waals surface area contributed by atoms with Gasteiger partial charge in [-0.15, -0.1) is 0 Å². The van der Waals surface area contributed by atoms with E-state index in [1.165, 1.54) is 11.1 Å². The van der Waals surface area contributed by atoms with Gasteiger partial charge in [-0.05, 0) is 30.4 Å². The maximum absolute atomic E-state index is 10.00. The van der Waals surface area contributed by atoms with Crippen molar-refractivity contribution >= 4 is 0 Å². The monoisotopic (exact) mass is 216 g/mol. The third kappa shape index (κ3) is 1.04. The van der Waals surface area contributed by atoms with Crippen LogP contribution in [-0.2, 0) is 11.2 Å². The minimum atomic E-state index is -0.236. The van der Waals surface area contributed by atoms with Gasteiger partial charge in [0.25, 0.3) is 0 Å². The number of rotatable bonds is 0. The molecule has 0 amide bonds. The van der Waals surface area contributed by atoms with Crippen molar-refractivity contribution in [1.29, 1.82) is 0 Å². The third-order valence-electron chi connectivity index (χ3n) is 4.61. The van der Waals surface area contributed by atoms with Crippen LogP contribution in [0.15, 0.2) is 24.3 Å². The summed E-state index contributed by atoms with van der Waals surface area (Å²) >= 11 is 0. The first-order valence-electron chi connectivity index (χ1n) is 6.26. The molecular weight excluding hydrogens is 200 g/mol. The van der Waals surface area contributed by atoms with Crippen LogP contribution in [0.1, 0.15) is 29.9 Å². The van der Waals surface area contributed by atoms with Crippen molar-refractivity contribution in [3.63, 3.8) is 0 Å². The summed E-state index contributed by atoms with van der Waals surface area (Å²) in [6.07, 6.45) is 3.26. The molecule has 2 heterocycles. The zero-order chi connectivity index (χ0) is 10.7. The lowest BCUT2D eigenvalue weighted by molar-refractivity contribution is -0.0862. The zero-order valence-corrected chi connectivity index (χ0v) is 9.17. The quantitative estimate of drug-likeness (QED) is 0.717. The van der Waals surface area contributed by atoms with Crippen LogP contribution in [0.5, 0.6) is 0 Å². The normalized spacial score (nSPS) is 44.2. The molecule has 2 bridgehead atoms. The molecule has 1 aliphatic carbocycles. The predicted molar refractivity (Wildman–Crippen MR) is 60.3 cm³/mol. The Bertz CT molecular complexity index is 428. The van der Waals surface area contributed by atoms with Crippen molar-refractivity contribution in [3.8, 4) is 0 Å². The molecule has 4 rings (SSSR count). The highest BCUT2D eigenvalue weighted by Crippen LogP contribution is 2.53. The van der Waals surface area contributed by atoms with Crippen LogP contribution in [0, 0.1) is 5.92 Å². The SMILES string of the molecule is O[C@H]1CC[C@@H]2O[C@H]1[C@@H]1Cc3ccccc3[C@@H]12. The number of aliphatic hydroxyl groups is 1. The molecular formula is C14H16O2. The molecule has 0 spiro atoms. The van der Waals surface area contributed by atoms with E-state index in [4.69, 9.17) is 4.74 Å². The largest absolute Gasteiger partial charge is 0.390 e. The van der Waals surface area contributed by atoms with Gasteiger partial charge in [0, 0.05) is 11.8 Å². The molecule has 0 saturated carbocycles. The number of hydrogen-bond donors (Lipinski definition) is 1. The summed E-state index contributed by atoms with van der Waals surface area (Å²) in [5.41, 5.74) is 2.96. The van der Waals surface area contributed by atoms with E-state index < -0.39 is 0 Å². The fourth-order valence-electron chi connectivity index (χ4n) is 3.96. The molecule has 2 saturated heterocycles. The first-order valence-corrected chi connectivity index (χ1v) is 6.26. The van der Waals surface area contributed by atoms with Crippen molar-refractivity contribution < 1.29 is 9.84 Å². The molecule has 1 aromatic rings. The minimum absolute atomic E-state index is 0.0937. The number of benzene rings is 1. The molecule has 0 radical (unpaired) electrons. The van der Waals surface area contributed by atoms with Crippen LogP contribution in [0.25, 0.3) is 0 Å². The maximum atomic E-state index is 10.00. The Balaban J connectivity index is 1.80. The fraction of sp³-hybridized carbons (Fsp3) is 0.571. The highest BCUT2D eigenvalue weighted by Gasteiger charge is 2.53. The van der Waals surface area contributed by atoms with Crippen molar-refractivity contribution in [1.82, 2.24) is 0 Å². The predicted octanol–water partition coefficient (Wildman–Crippen LogP) is 1.86. The smallest absolute Gasteiger partial charge is 0.0876 e. The van der Waals surface area contributed by atoms with Gasteiger partial charge >= 0.3 is 0 Å². The minimum Gasteiger partial charge on any atom is -0.390 e. The highest BCUT2D eigenvalue weighted by molar-refractivity contribution is 5.39. The van der Waals surface area contributed by atoms with Gasteiger partial charge in [-0.1, -0.05) is 24.3 Å². The highest BCUT2D eigenvalue weighted by atomic mass is 16.5. The zero-order valence-electron chi connectivity index (χ0n) is 9.17. The lowest BCUT2D eigenvalue weighted by Gasteiger charge is -2.28.